The van der Waals surface area contributed by atoms with Crippen molar-refractivity contribution in [3.63, 3.8) is 0 Å². The van der Waals surface area contributed by atoms with Gasteiger partial charge in [-0.25, -0.2) is 9.67 Å². The van der Waals surface area contributed by atoms with Crippen molar-refractivity contribution in [2.24, 2.45) is 7.05 Å². The van der Waals surface area contributed by atoms with Crippen molar-refractivity contribution in [2.75, 3.05) is 17.7 Å². The first-order valence-corrected chi connectivity index (χ1v) is 9.68. The molecule has 4 rings (SSSR count). The van der Waals surface area contributed by atoms with Crippen molar-refractivity contribution >= 4 is 23.2 Å². The smallest absolute Gasteiger partial charge is 0.225 e. The average molecular weight is 417 g/mol. The Balaban J connectivity index is 1.61. The molecule has 9 nitrogen and oxygen atoms in total. The van der Waals surface area contributed by atoms with Crippen molar-refractivity contribution in [3.8, 4) is 22.8 Å². The van der Waals surface area contributed by atoms with Gasteiger partial charge in [-0.15, -0.1) is 5.10 Å². The molecule has 31 heavy (non-hydrogen) atoms. The normalized spacial score (nSPS) is 10.7. The van der Waals surface area contributed by atoms with E-state index in [0.717, 1.165) is 22.6 Å². The second-order valence-corrected chi connectivity index (χ2v) is 7.08. The number of imidazole rings is 1. The molecule has 0 saturated heterocycles. The Bertz CT molecular complexity index is 1240. The van der Waals surface area contributed by atoms with E-state index in [4.69, 9.17) is 4.74 Å². The molecule has 0 saturated carbocycles. The lowest BCUT2D eigenvalue weighted by molar-refractivity contribution is -0.114. The molecule has 2 heterocycles. The van der Waals surface area contributed by atoms with E-state index in [9.17, 15) is 4.79 Å². The van der Waals surface area contributed by atoms with Gasteiger partial charge in [-0.3, -0.25) is 4.79 Å². The van der Waals surface area contributed by atoms with Gasteiger partial charge in [-0.05, 0) is 43.3 Å². The third-order valence-corrected chi connectivity index (χ3v) is 4.63. The highest BCUT2D eigenvalue weighted by Crippen LogP contribution is 2.29. The fraction of sp³-hybridized carbons (Fsp3) is 0.182. The first-order chi connectivity index (χ1) is 14.9. The lowest BCUT2D eigenvalue weighted by Crippen LogP contribution is -2.06. The van der Waals surface area contributed by atoms with Crippen molar-refractivity contribution in [2.45, 2.75) is 13.8 Å². The van der Waals surface area contributed by atoms with Crippen molar-refractivity contribution < 1.29 is 9.53 Å². The van der Waals surface area contributed by atoms with Crippen molar-refractivity contribution in [3.05, 3.63) is 60.7 Å². The van der Waals surface area contributed by atoms with Gasteiger partial charge in [-0.1, -0.05) is 6.07 Å². The first kappa shape index (κ1) is 20.1. The Labute approximate surface area is 179 Å². The third kappa shape index (κ3) is 4.40. The number of carbonyl (C=O) groups is 1. The number of nitrogens with one attached hydrogen (secondary N) is 2. The summed E-state index contributed by atoms with van der Waals surface area (Å²) in [5.41, 5.74) is 4.13. The number of aryl methyl sites for hydroxylation is 2. The fourth-order valence-electron chi connectivity index (χ4n) is 3.21. The van der Waals surface area contributed by atoms with E-state index < -0.39 is 0 Å². The van der Waals surface area contributed by atoms with Crippen LogP contribution in [0, 0.1) is 6.92 Å². The summed E-state index contributed by atoms with van der Waals surface area (Å²) in [4.78, 5) is 20.2. The quantitative estimate of drug-likeness (QED) is 0.496. The molecular formula is C22H23N7O2. The van der Waals surface area contributed by atoms with E-state index in [1.807, 2.05) is 67.2 Å². The SMILES string of the molecule is COc1cc(-c2nc(Nc3cccc(NC(C)=O)c3)n(C)n2)ccc1-n1cnc(C)c1. The molecule has 0 spiro atoms. The number of benzene rings is 2. The van der Waals surface area contributed by atoms with Gasteiger partial charge in [0.2, 0.25) is 11.9 Å². The van der Waals surface area contributed by atoms with Crippen LogP contribution >= 0.6 is 0 Å². The van der Waals surface area contributed by atoms with E-state index in [1.54, 1.807) is 18.1 Å². The average Bonchev–Trinajstić information content (AvgIpc) is 3.33. The summed E-state index contributed by atoms with van der Waals surface area (Å²) < 4.78 is 9.17. The maximum Gasteiger partial charge on any atom is 0.225 e. The van der Waals surface area contributed by atoms with E-state index in [-0.39, 0.29) is 5.91 Å². The van der Waals surface area contributed by atoms with Crippen LogP contribution in [0.1, 0.15) is 12.6 Å². The highest BCUT2D eigenvalue weighted by molar-refractivity contribution is 5.89. The summed E-state index contributed by atoms with van der Waals surface area (Å²) in [5.74, 6) is 1.71. The van der Waals surface area contributed by atoms with E-state index in [0.29, 0.717) is 23.2 Å². The number of hydrogen-bond acceptors (Lipinski definition) is 6. The molecule has 0 atom stereocenters. The summed E-state index contributed by atoms with van der Waals surface area (Å²) >= 11 is 0. The van der Waals surface area contributed by atoms with Gasteiger partial charge >= 0.3 is 0 Å². The van der Waals surface area contributed by atoms with Crippen LogP contribution in [0.5, 0.6) is 5.75 Å². The van der Waals surface area contributed by atoms with Gasteiger partial charge in [-0.2, -0.15) is 4.98 Å². The maximum absolute atomic E-state index is 11.3. The van der Waals surface area contributed by atoms with Gasteiger partial charge in [0.15, 0.2) is 5.82 Å². The zero-order valence-corrected chi connectivity index (χ0v) is 17.7. The number of methoxy groups -OCH3 is 1. The highest BCUT2D eigenvalue weighted by Gasteiger charge is 2.14. The number of rotatable bonds is 6. The molecule has 1 amide bonds. The number of carbonyl (C=O) groups excluding carboxylic acids is 1. The van der Waals surface area contributed by atoms with Crippen molar-refractivity contribution in [1.29, 1.82) is 0 Å². The van der Waals surface area contributed by atoms with Gasteiger partial charge in [0, 0.05) is 37.1 Å². The first-order valence-electron chi connectivity index (χ1n) is 9.68. The molecule has 0 aliphatic rings. The Kier molecular flexibility index (Phi) is 5.40. The standard InChI is InChI=1S/C22H23N7O2/c1-14-12-29(13-23-14)19-9-8-16(10-20(19)31-4)21-26-22(28(3)27-21)25-18-7-5-6-17(11-18)24-15(2)30/h5-13H,1-4H3,(H,24,30)(H,25,26,27). The summed E-state index contributed by atoms with van der Waals surface area (Å²) in [6.45, 7) is 3.41. The zero-order chi connectivity index (χ0) is 22.0. The minimum absolute atomic E-state index is 0.124. The van der Waals surface area contributed by atoms with Crippen LogP contribution in [0.15, 0.2) is 55.0 Å². The molecule has 0 radical (unpaired) electrons. The lowest BCUT2D eigenvalue weighted by atomic mass is 10.1. The van der Waals surface area contributed by atoms with Crippen LogP contribution in [0.4, 0.5) is 17.3 Å². The summed E-state index contributed by atoms with van der Waals surface area (Å²) in [6.07, 6.45) is 3.69. The minimum atomic E-state index is -0.124. The van der Waals surface area contributed by atoms with Crippen LogP contribution in [0.3, 0.4) is 0 Å². The van der Waals surface area contributed by atoms with Gasteiger partial charge in [0.05, 0.1) is 24.8 Å². The molecule has 9 heteroatoms. The molecular weight excluding hydrogens is 394 g/mol. The Morgan fingerprint density at radius 2 is 1.94 bits per heavy atom. The number of ether oxygens (including phenoxy) is 1. The summed E-state index contributed by atoms with van der Waals surface area (Å²) in [6, 6.07) is 13.2. The molecule has 0 fully saturated rings. The summed E-state index contributed by atoms with van der Waals surface area (Å²) in [5, 5.41) is 10.5. The summed E-state index contributed by atoms with van der Waals surface area (Å²) in [7, 11) is 3.45. The highest BCUT2D eigenvalue weighted by atomic mass is 16.5. The number of aromatic nitrogens is 5. The molecule has 158 valence electrons. The molecule has 2 aromatic heterocycles. The zero-order valence-electron chi connectivity index (χ0n) is 17.7. The van der Waals surface area contributed by atoms with E-state index in [2.05, 4.69) is 25.7 Å². The number of amides is 1. The predicted octanol–water partition coefficient (Wildman–Crippen LogP) is 3.69. The molecule has 0 bridgehead atoms. The second kappa shape index (κ2) is 8.31. The van der Waals surface area contributed by atoms with E-state index in [1.165, 1.54) is 6.92 Å². The molecule has 0 aliphatic carbocycles. The number of nitrogens with zero attached hydrogens (tertiary/aromatic N) is 5. The van der Waals surface area contributed by atoms with Crippen LogP contribution in [-0.4, -0.2) is 37.3 Å². The topological polar surface area (TPSA) is 98.9 Å². The third-order valence-electron chi connectivity index (χ3n) is 4.63. The molecule has 0 unspecified atom stereocenters. The van der Waals surface area contributed by atoms with Crippen LogP contribution in [0.2, 0.25) is 0 Å². The van der Waals surface area contributed by atoms with Crippen molar-refractivity contribution in [1.82, 2.24) is 24.3 Å². The Hall–Kier alpha value is -4.14. The van der Waals surface area contributed by atoms with Gasteiger partial charge in [0.25, 0.3) is 0 Å². The van der Waals surface area contributed by atoms with Crippen LogP contribution in [0.25, 0.3) is 17.1 Å². The molecule has 2 N–H and O–H groups in total. The fourth-order valence-corrected chi connectivity index (χ4v) is 3.21. The second-order valence-electron chi connectivity index (χ2n) is 7.08. The van der Waals surface area contributed by atoms with Gasteiger partial charge < -0.3 is 19.9 Å². The largest absolute Gasteiger partial charge is 0.495 e. The minimum Gasteiger partial charge on any atom is -0.495 e. The van der Waals surface area contributed by atoms with E-state index >= 15 is 0 Å². The number of anilines is 3. The molecule has 4 aromatic rings. The lowest BCUT2D eigenvalue weighted by Gasteiger charge is -2.10. The number of hydrogen-bond donors (Lipinski definition) is 2. The Morgan fingerprint density at radius 1 is 1.13 bits per heavy atom. The molecule has 0 aliphatic heterocycles. The van der Waals surface area contributed by atoms with Gasteiger partial charge in [0.1, 0.15) is 5.75 Å². The molecule has 2 aromatic carbocycles. The van der Waals surface area contributed by atoms with Crippen LogP contribution < -0.4 is 15.4 Å². The maximum atomic E-state index is 11.3. The van der Waals surface area contributed by atoms with Crippen LogP contribution in [-0.2, 0) is 11.8 Å². The Morgan fingerprint density at radius 3 is 2.65 bits per heavy atom. The monoisotopic (exact) mass is 417 g/mol. The predicted molar refractivity (Wildman–Crippen MR) is 119 cm³/mol.